The molecule has 3 N–H and O–H groups in total. The predicted molar refractivity (Wildman–Crippen MR) is 119 cm³/mol. The average molecular weight is 487 g/mol. The summed E-state index contributed by atoms with van der Waals surface area (Å²) in [6.07, 6.45) is -0.489. The SMILES string of the molecule is O=C(O)COCC(=O)NCCOCCOCCOCCOCCNC(=O)OCc1ccccc1. The molecule has 0 bridgehead atoms. The molecule has 0 aromatic heterocycles. The smallest absolute Gasteiger partial charge is 0.407 e. The number of alkyl carbamates (subject to hydrolysis) is 1. The Morgan fingerprint density at radius 3 is 1.76 bits per heavy atom. The minimum atomic E-state index is -1.13. The lowest BCUT2D eigenvalue weighted by atomic mass is 10.2. The summed E-state index contributed by atoms with van der Waals surface area (Å²) >= 11 is 0. The highest BCUT2D eigenvalue weighted by Gasteiger charge is 2.03. The van der Waals surface area contributed by atoms with Gasteiger partial charge in [0.05, 0.1) is 52.9 Å². The molecule has 0 aliphatic rings. The number of aliphatic carboxylic acids is 1. The van der Waals surface area contributed by atoms with Gasteiger partial charge in [0.2, 0.25) is 5.91 Å². The molecule has 0 saturated carbocycles. The Hall–Kier alpha value is -2.77. The van der Waals surface area contributed by atoms with E-state index in [1.165, 1.54) is 0 Å². The van der Waals surface area contributed by atoms with E-state index >= 15 is 0 Å². The summed E-state index contributed by atoms with van der Waals surface area (Å²) in [5.41, 5.74) is 0.923. The minimum Gasteiger partial charge on any atom is -0.480 e. The van der Waals surface area contributed by atoms with Crippen LogP contribution in [0.5, 0.6) is 0 Å². The number of ether oxygens (including phenoxy) is 6. The number of hydrogen-bond donors (Lipinski definition) is 3. The van der Waals surface area contributed by atoms with E-state index in [4.69, 9.17) is 28.8 Å². The Bertz CT molecular complexity index is 675. The largest absolute Gasteiger partial charge is 0.480 e. The van der Waals surface area contributed by atoms with E-state index in [1.54, 1.807) is 0 Å². The second-order valence-electron chi connectivity index (χ2n) is 6.67. The van der Waals surface area contributed by atoms with E-state index in [-0.39, 0.29) is 13.2 Å². The molecule has 1 aromatic rings. The average Bonchev–Trinajstić information content (AvgIpc) is 2.83. The first kappa shape index (κ1) is 29.3. The van der Waals surface area contributed by atoms with Crippen LogP contribution in [0, 0.1) is 0 Å². The normalized spacial score (nSPS) is 10.6. The topological polar surface area (TPSA) is 151 Å². The minimum absolute atomic E-state index is 0.223. The van der Waals surface area contributed by atoms with Gasteiger partial charge in [0.15, 0.2) is 0 Å². The summed E-state index contributed by atoms with van der Waals surface area (Å²) < 4.78 is 31.1. The van der Waals surface area contributed by atoms with Crippen molar-refractivity contribution >= 4 is 18.0 Å². The number of carboxylic acid groups (broad SMARTS) is 1. The van der Waals surface area contributed by atoms with Crippen LogP contribution in [0.1, 0.15) is 5.56 Å². The molecule has 2 amide bonds. The zero-order chi connectivity index (χ0) is 24.7. The van der Waals surface area contributed by atoms with E-state index in [2.05, 4.69) is 15.4 Å². The maximum absolute atomic E-state index is 11.6. The Kier molecular flexibility index (Phi) is 17.9. The van der Waals surface area contributed by atoms with Crippen LogP contribution in [-0.2, 0) is 44.6 Å². The third-order valence-electron chi connectivity index (χ3n) is 3.87. The van der Waals surface area contributed by atoms with Crippen molar-refractivity contribution in [2.24, 2.45) is 0 Å². The molecule has 34 heavy (non-hydrogen) atoms. The fraction of sp³-hybridized carbons (Fsp3) is 0.591. The highest BCUT2D eigenvalue weighted by atomic mass is 16.6. The molecule has 12 nitrogen and oxygen atoms in total. The van der Waals surface area contributed by atoms with Gasteiger partial charge in [-0.1, -0.05) is 30.3 Å². The van der Waals surface area contributed by atoms with E-state index < -0.39 is 24.6 Å². The van der Waals surface area contributed by atoms with Gasteiger partial charge in [-0.25, -0.2) is 9.59 Å². The van der Waals surface area contributed by atoms with Crippen molar-refractivity contribution in [3.63, 3.8) is 0 Å². The molecule has 0 heterocycles. The number of amides is 2. The molecule has 0 spiro atoms. The lowest BCUT2D eigenvalue weighted by Crippen LogP contribution is -2.31. The number of rotatable bonds is 21. The molecular weight excluding hydrogens is 452 g/mol. The number of carboxylic acids is 1. The number of nitrogens with one attached hydrogen (secondary N) is 2. The van der Waals surface area contributed by atoms with Gasteiger partial charge in [-0.2, -0.15) is 0 Å². The fourth-order valence-corrected chi connectivity index (χ4v) is 2.31. The molecule has 0 aliphatic heterocycles. The maximum Gasteiger partial charge on any atom is 0.407 e. The van der Waals surface area contributed by atoms with E-state index in [9.17, 15) is 14.4 Å². The van der Waals surface area contributed by atoms with Gasteiger partial charge in [-0.05, 0) is 5.56 Å². The Labute approximate surface area is 198 Å². The van der Waals surface area contributed by atoms with Crippen LogP contribution in [0.4, 0.5) is 4.79 Å². The Morgan fingerprint density at radius 1 is 0.676 bits per heavy atom. The number of carbonyl (C=O) groups excluding carboxylic acids is 2. The summed E-state index contributed by atoms with van der Waals surface area (Å²) in [6.45, 7) is 3.11. The predicted octanol–water partition coefficient (Wildman–Crippen LogP) is 0.197. The van der Waals surface area contributed by atoms with Crippen LogP contribution in [0.3, 0.4) is 0 Å². The molecular formula is C22H34N2O10. The molecule has 1 aromatic carbocycles. The molecule has 0 aliphatic carbocycles. The standard InChI is InChI=1S/C22H34N2O10/c25-20(17-33-18-21(26)27)23-6-8-29-10-12-31-14-15-32-13-11-30-9-7-24-22(28)34-16-19-4-2-1-3-5-19/h1-5H,6-18H2,(H,23,25)(H,24,28)(H,26,27). The van der Waals surface area contributed by atoms with E-state index in [0.29, 0.717) is 65.9 Å². The van der Waals surface area contributed by atoms with Crippen molar-refractivity contribution < 1.29 is 47.9 Å². The molecule has 0 saturated heterocycles. The summed E-state index contributed by atoms with van der Waals surface area (Å²) in [7, 11) is 0. The van der Waals surface area contributed by atoms with Crippen LogP contribution in [0.25, 0.3) is 0 Å². The summed E-state index contributed by atoms with van der Waals surface area (Å²) in [4.78, 5) is 33.1. The molecule has 12 heteroatoms. The van der Waals surface area contributed by atoms with Crippen LogP contribution in [-0.4, -0.2) is 102 Å². The molecule has 0 radical (unpaired) electrons. The first-order valence-electron chi connectivity index (χ1n) is 10.9. The molecule has 0 unspecified atom stereocenters. The van der Waals surface area contributed by atoms with Gasteiger partial charge in [-0.15, -0.1) is 0 Å². The van der Waals surface area contributed by atoms with Crippen LogP contribution >= 0.6 is 0 Å². The first-order valence-corrected chi connectivity index (χ1v) is 10.9. The van der Waals surface area contributed by atoms with Gasteiger partial charge in [0, 0.05) is 13.1 Å². The highest BCUT2D eigenvalue weighted by molar-refractivity contribution is 5.77. The lowest BCUT2D eigenvalue weighted by molar-refractivity contribution is -0.143. The summed E-state index contributed by atoms with van der Waals surface area (Å²) in [5, 5.41) is 13.5. The quantitative estimate of drug-likeness (QED) is 0.206. The van der Waals surface area contributed by atoms with Crippen molar-refractivity contribution in [3.8, 4) is 0 Å². The van der Waals surface area contributed by atoms with Gasteiger partial charge in [0.1, 0.15) is 19.8 Å². The highest BCUT2D eigenvalue weighted by Crippen LogP contribution is 2.00. The molecule has 0 atom stereocenters. The van der Waals surface area contributed by atoms with Crippen molar-refractivity contribution in [2.75, 3.05) is 79.2 Å². The fourth-order valence-electron chi connectivity index (χ4n) is 2.31. The summed E-state index contributed by atoms with van der Waals surface area (Å²) in [5.74, 6) is -1.53. The van der Waals surface area contributed by atoms with Crippen molar-refractivity contribution in [3.05, 3.63) is 35.9 Å². The molecule has 192 valence electrons. The molecule has 0 fully saturated rings. The van der Waals surface area contributed by atoms with Gasteiger partial charge in [-0.3, -0.25) is 4.79 Å². The third kappa shape index (κ3) is 18.8. The first-order chi connectivity index (χ1) is 16.6. The Balaban J connectivity index is 1.75. The van der Waals surface area contributed by atoms with E-state index in [1.807, 2.05) is 30.3 Å². The zero-order valence-electron chi connectivity index (χ0n) is 19.2. The second kappa shape index (κ2) is 20.8. The zero-order valence-corrected chi connectivity index (χ0v) is 19.2. The van der Waals surface area contributed by atoms with E-state index in [0.717, 1.165) is 5.56 Å². The van der Waals surface area contributed by atoms with Crippen molar-refractivity contribution in [1.82, 2.24) is 10.6 Å². The number of benzene rings is 1. The van der Waals surface area contributed by atoms with Gasteiger partial charge < -0.3 is 44.2 Å². The second-order valence-corrected chi connectivity index (χ2v) is 6.67. The number of carbonyl (C=O) groups is 3. The van der Waals surface area contributed by atoms with Crippen LogP contribution in [0.2, 0.25) is 0 Å². The van der Waals surface area contributed by atoms with Crippen molar-refractivity contribution in [1.29, 1.82) is 0 Å². The summed E-state index contributed by atoms with van der Waals surface area (Å²) in [6, 6.07) is 9.43. The third-order valence-corrected chi connectivity index (χ3v) is 3.87. The Morgan fingerprint density at radius 2 is 1.21 bits per heavy atom. The van der Waals surface area contributed by atoms with Crippen molar-refractivity contribution in [2.45, 2.75) is 6.61 Å². The van der Waals surface area contributed by atoms with Crippen LogP contribution < -0.4 is 10.6 Å². The number of hydrogen-bond acceptors (Lipinski definition) is 9. The van der Waals surface area contributed by atoms with Gasteiger partial charge in [0.25, 0.3) is 0 Å². The molecule has 1 rings (SSSR count). The van der Waals surface area contributed by atoms with Crippen LogP contribution in [0.15, 0.2) is 30.3 Å². The maximum atomic E-state index is 11.6. The van der Waals surface area contributed by atoms with Gasteiger partial charge >= 0.3 is 12.1 Å². The monoisotopic (exact) mass is 486 g/mol. The lowest BCUT2D eigenvalue weighted by Gasteiger charge is -2.09.